The zero-order valence-electron chi connectivity index (χ0n) is 11.0. The van der Waals surface area contributed by atoms with E-state index in [2.05, 4.69) is 5.32 Å². The van der Waals surface area contributed by atoms with Gasteiger partial charge in [0.15, 0.2) is 0 Å². The first kappa shape index (κ1) is 14.1. The predicted octanol–water partition coefficient (Wildman–Crippen LogP) is 2.86. The van der Waals surface area contributed by atoms with Gasteiger partial charge in [0.25, 0.3) is 0 Å². The SMILES string of the molecule is O=C(CCC1CCCCO1)NC1CCCC1CCl. The number of alkyl halides is 1. The van der Waals surface area contributed by atoms with E-state index in [1.165, 1.54) is 19.3 Å². The van der Waals surface area contributed by atoms with Crippen LogP contribution in [0.2, 0.25) is 0 Å². The molecule has 0 aromatic rings. The van der Waals surface area contributed by atoms with Crippen molar-refractivity contribution in [3.8, 4) is 0 Å². The summed E-state index contributed by atoms with van der Waals surface area (Å²) in [4.78, 5) is 11.9. The highest BCUT2D eigenvalue weighted by Gasteiger charge is 2.27. The molecule has 1 aliphatic carbocycles. The highest BCUT2D eigenvalue weighted by atomic mass is 35.5. The standard InChI is InChI=1S/C14H24ClNO2/c15-10-11-4-3-6-13(11)16-14(17)8-7-12-5-1-2-9-18-12/h11-13H,1-10H2,(H,16,17). The number of nitrogens with one attached hydrogen (secondary N) is 1. The highest BCUT2D eigenvalue weighted by molar-refractivity contribution is 6.18. The summed E-state index contributed by atoms with van der Waals surface area (Å²) in [6.45, 7) is 0.864. The molecule has 104 valence electrons. The third-order valence-electron chi connectivity index (χ3n) is 4.17. The minimum atomic E-state index is 0.172. The average Bonchev–Trinajstić information content (AvgIpc) is 2.85. The fourth-order valence-electron chi connectivity index (χ4n) is 3.02. The van der Waals surface area contributed by atoms with Crippen molar-refractivity contribution in [1.29, 1.82) is 0 Å². The number of hydrogen-bond donors (Lipinski definition) is 1. The summed E-state index contributed by atoms with van der Waals surface area (Å²) in [7, 11) is 0. The lowest BCUT2D eigenvalue weighted by atomic mass is 10.0. The molecular weight excluding hydrogens is 250 g/mol. The fraction of sp³-hybridized carbons (Fsp3) is 0.929. The lowest BCUT2D eigenvalue weighted by Crippen LogP contribution is -2.38. The van der Waals surface area contributed by atoms with E-state index in [0.29, 0.717) is 30.4 Å². The maximum Gasteiger partial charge on any atom is 0.220 e. The summed E-state index contributed by atoms with van der Waals surface area (Å²) < 4.78 is 5.64. The largest absolute Gasteiger partial charge is 0.378 e. The van der Waals surface area contributed by atoms with Crippen molar-refractivity contribution in [2.24, 2.45) is 5.92 Å². The molecule has 0 aromatic heterocycles. The van der Waals surface area contributed by atoms with Crippen molar-refractivity contribution >= 4 is 17.5 Å². The molecule has 1 amide bonds. The van der Waals surface area contributed by atoms with Gasteiger partial charge >= 0.3 is 0 Å². The number of rotatable bonds is 5. The number of carbonyl (C=O) groups excluding carboxylic acids is 1. The molecule has 0 radical (unpaired) electrons. The number of amides is 1. The zero-order chi connectivity index (χ0) is 12.8. The lowest BCUT2D eigenvalue weighted by Gasteiger charge is -2.23. The Kier molecular flexibility index (Phi) is 5.77. The van der Waals surface area contributed by atoms with Crippen LogP contribution in [0, 0.1) is 5.92 Å². The van der Waals surface area contributed by atoms with Gasteiger partial charge in [0, 0.05) is 24.9 Å². The van der Waals surface area contributed by atoms with Gasteiger partial charge in [0.1, 0.15) is 0 Å². The van der Waals surface area contributed by atoms with Crippen molar-refractivity contribution in [3.05, 3.63) is 0 Å². The number of hydrogen-bond acceptors (Lipinski definition) is 2. The molecule has 3 nitrogen and oxygen atoms in total. The first-order valence-corrected chi connectivity index (χ1v) is 7.80. The van der Waals surface area contributed by atoms with Crippen LogP contribution >= 0.6 is 11.6 Å². The van der Waals surface area contributed by atoms with Crippen molar-refractivity contribution in [1.82, 2.24) is 5.32 Å². The molecule has 2 rings (SSSR count). The van der Waals surface area contributed by atoms with Crippen LogP contribution in [0.4, 0.5) is 0 Å². The zero-order valence-corrected chi connectivity index (χ0v) is 11.8. The van der Waals surface area contributed by atoms with Crippen LogP contribution < -0.4 is 5.32 Å². The topological polar surface area (TPSA) is 38.3 Å². The summed E-state index contributed by atoms with van der Waals surface area (Å²) in [5.74, 6) is 1.31. The monoisotopic (exact) mass is 273 g/mol. The van der Waals surface area contributed by atoms with Crippen LogP contribution in [-0.2, 0) is 9.53 Å². The van der Waals surface area contributed by atoms with E-state index in [9.17, 15) is 4.79 Å². The third-order valence-corrected chi connectivity index (χ3v) is 4.57. The van der Waals surface area contributed by atoms with Crippen molar-refractivity contribution in [3.63, 3.8) is 0 Å². The first-order chi connectivity index (χ1) is 8.79. The smallest absolute Gasteiger partial charge is 0.220 e. The van der Waals surface area contributed by atoms with Crippen molar-refractivity contribution in [2.75, 3.05) is 12.5 Å². The maximum atomic E-state index is 11.9. The Morgan fingerprint density at radius 2 is 2.11 bits per heavy atom. The van der Waals surface area contributed by atoms with E-state index < -0.39 is 0 Å². The van der Waals surface area contributed by atoms with Crippen LogP contribution in [-0.4, -0.2) is 30.5 Å². The number of carbonyl (C=O) groups is 1. The summed E-state index contributed by atoms with van der Waals surface area (Å²) in [5.41, 5.74) is 0. The number of ether oxygens (including phenoxy) is 1. The van der Waals surface area contributed by atoms with Crippen LogP contribution in [0.3, 0.4) is 0 Å². The summed E-state index contributed by atoms with van der Waals surface area (Å²) in [6.07, 6.45) is 8.71. The quantitative estimate of drug-likeness (QED) is 0.783. The molecule has 3 unspecified atom stereocenters. The third kappa shape index (κ3) is 4.13. The van der Waals surface area contributed by atoms with Crippen LogP contribution in [0.1, 0.15) is 51.4 Å². The van der Waals surface area contributed by atoms with Gasteiger partial charge in [-0.05, 0) is 44.4 Å². The Balaban J connectivity index is 1.65. The first-order valence-electron chi connectivity index (χ1n) is 7.26. The second-order valence-corrected chi connectivity index (χ2v) is 5.86. The highest BCUT2D eigenvalue weighted by Crippen LogP contribution is 2.26. The van der Waals surface area contributed by atoms with Crippen LogP contribution in [0.25, 0.3) is 0 Å². The maximum absolute atomic E-state index is 11.9. The molecule has 1 saturated carbocycles. The molecule has 1 saturated heterocycles. The Morgan fingerprint density at radius 3 is 2.83 bits per heavy atom. The van der Waals surface area contributed by atoms with Crippen LogP contribution in [0.15, 0.2) is 0 Å². The van der Waals surface area contributed by atoms with Gasteiger partial charge in [-0.25, -0.2) is 0 Å². The molecule has 1 N–H and O–H groups in total. The Hall–Kier alpha value is -0.280. The molecule has 1 aliphatic heterocycles. The van der Waals surface area contributed by atoms with Gasteiger partial charge in [-0.2, -0.15) is 0 Å². The molecule has 18 heavy (non-hydrogen) atoms. The molecule has 0 bridgehead atoms. The number of halogens is 1. The second-order valence-electron chi connectivity index (χ2n) is 5.55. The molecule has 3 atom stereocenters. The Morgan fingerprint density at radius 1 is 1.22 bits per heavy atom. The van der Waals surface area contributed by atoms with E-state index in [1.54, 1.807) is 0 Å². The van der Waals surface area contributed by atoms with Gasteiger partial charge in [0.05, 0.1) is 6.10 Å². The van der Waals surface area contributed by atoms with Crippen molar-refractivity contribution < 1.29 is 9.53 Å². The van der Waals surface area contributed by atoms with Crippen molar-refractivity contribution in [2.45, 2.75) is 63.5 Å². The molecule has 0 aromatic carbocycles. The Labute approximate surface area is 115 Å². The minimum Gasteiger partial charge on any atom is -0.378 e. The van der Waals surface area contributed by atoms with E-state index >= 15 is 0 Å². The van der Waals surface area contributed by atoms with Gasteiger partial charge in [0.2, 0.25) is 5.91 Å². The summed E-state index contributed by atoms with van der Waals surface area (Å²) in [6, 6.07) is 0.308. The molecule has 2 fully saturated rings. The summed E-state index contributed by atoms with van der Waals surface area (Å²) >= 11 is 5.91. The molecule has 4 heteroatoms. The van der Waals surface area contributed by atoms with Gasteiger partial charge in [-0.1, -0.05) is 6.42 Å². The molecule has 0 spiro atoms. The van der Waals surface area contributed by atoms with Gasteiger partial charge in [-0.15, -0.1) is 11.6 Å². The molecule has 1 heterocycles. The van der Waals surface area contributed by atoms with E-state index in [4.69, 9.17) is 16.3 Å². The lowest BCUT2D eigenvalue weighted by molar-refractivity contribution is -0.123. The van der Waals surface area contributed by atoms with E-state index in [0.717, 1.165) is 32.3 Å². The van der Waals surface area contributed by atoms with E-state index in [1.807, 2.05) is 0 Å². The minimum absolute atomic E-state index is 0.172. The average molecular weight is 274 g/mol. The predicted molar refractivity (Wildman–Crippen MR) is 72.8 cm³/mol. The van der Waals surface area contributed by atoms with Gasteiger partial charge in [-0.3, -0.25) is 4.79 Å². The fourth-order valence-corrected chi connectivity index (χ4v) is 3.39. The molecule has 2 aliphatic rings. The Bertz CT molecular complexity index is 267. The van der Waals surface area contributed by atoms with E-state index in [-0.39, 0.29) is 5.91 Å². The molecular formula is C14H24ClNO2. The van der Waals surface area contributed by atoms with Gasteiger partial charge < -0.3 is 10.1 Å². The normalized spacial score (nSPS) is 32.4. The summed E-state index contributed by atoms with van der Waals surface area (Å²) in [5, 5.41) is 3.14. The second kappa shape index (κ2) is 7.34. The van der Waals surface area contributed by atoms with Crippen LogP contribution in [0.5, 0.6) is 0 Å².